The lowest BCUT2D eigenvalue weighted by atomic mass is 10.0. The van der Waals surface area contributed by atoms with Crippen LogP contribution in [0.15, 0.2) is 33.3 Å². The third-order valence-corrected chi connectivity index (χ3v) is 5.82. The summed E-state index contributed by atoms with van der Waals surface area (Å²) >= 11 is 0.689. The van der Waals surface area contributed by atoms with Crippen LogP contribution in [0.2, 0.25) is 0 Å². The number of aryl methyl sites for hydroxylation is 1. The van der Waals surface area contributed by atoms with Crippen molar-refractivity contribution in [2.45, 2.75) is 30.9 Å². The highest BCUT2D eigenvalue weighted by atomic mass is 32.2. The molecule has 0 spiro atoms. The van der Waals surface area contributed by atoms with E-state index in [4.69, 9.17) is 0 Å². The number of benzene rings is 1. The highest BCUT2D eigenvalue weighted by Gasteiger charge is 2.20. The van der Waals surface area contributed by atoms with E-state index >= 15 is 0 Å². The van der Waals surface area contributed by atoms with Gasteiger partial charge in [0.25, 0.3) is 10.0 Å². The van der Waals surface area contributed by atoms with Crippen LogP contribution in [0.1, 0.15) is 31.0 Å². The minimum atomic E-state index is -3.73. The maximum atomic E-state index is 12.3. The fourth-order valence-corrected chi connectivity index (χ4v) is 4.16. The summed E-state index contributed by atoms with van der Waals surface area (Å²) in [6, 6.07) is 7.24. The molecule has 20 heavy (non-hydrogen) atoms. The number of anilines is 1. The van der Waals surface area contributed by atoms with Gasteiger partial charge in [0.15, 0.2) is 4.21 Å². The van der Waals surface area contributed by atoms with Gasteiger partial charge in [-0.15, -0.1) is 0 Å². The smallest absolute Gasteiger partial charge is 0.306 e. The molecule has 2 N–H and O–H groups in total. The van der Waals surface area contributed by atoms with E-state index in [0.29, 0.717) is 28.6 Å². The number of hydrogen-bond donors (Lipinski definition) is 2. The van der Waals surface area contributed by atoms with E-state index in [1.54, 1.807) is 25.1 Å². The van der Waals surface area contributed by atoms with Crippen molar-refractivity contribution in [3.05, 3.63) is 45.2 Å². The molecule has 0 aliphatic rings. The first kappa shape index (κ1) is 14.8. The maximum Gasteiger partial charge on any atom is 0.306 e. The van der Waals surface area contributed by atoms with Gasteiger partial charge in [0, 0.05) is 11.4 Å². The topological polar surface area (TPSA) is 79.0 Å². The Hall–Kier alpha value is -1.60. The Morgan fingerprint density at radius 1 is 1.30 bits per heavy atom. The molecule has 1 heterocycles. The first-order valence-corrected chi connectivity index (χ1v) is 8.42. The highest BCUT2D eigenvalue weighted by molar-refractivity contribution is 7.94. The number of rotatable bonds is 4. The number of aromatic amines is 1. The summed E-state index contributed by atoms with van der Waals surface area (Å²) in [5, 5.41) is 0. The predicted molar refractivity (Wildman–Crippen MR) is 81.0 cm³/mol. The van der Waals surface area contributed by atoms with Crippen LogP contribution in [0.4, 0.5) is 5.69 Å². The van der Waals surface area contributed by atoms with Crippen LogP contribution in [0.5, 0.6) is 0 Å². The average Bonchev–Trinajstić information content (AvgIpc) is 2.69. The van der Waals surface area contributed by atoms with Crippen molar-refractivity contribution >= 4 is 27.0 Å². The third kappa shape index (κ3) is 3.10. The molecule has 0 aliphatic heterocycles. The number of sulfonamides is 1. The molecule has 0 amide bonds. The molecule has 0 saturated heterocycles. The fraction of sp³-hybridized carbons (Fsp3) is 0.308. The monoisotopic (exact) mass is 312 g/mol. The van der Waals surface area contributed by atoms with Gasteiger partial charge in [-0.2, -0.15) is 0 Å². The molecule has 0 aliphatic carbocycles. The molecule has 1 aromatic carbocycles. The van der Waals surface area contributed by atoms with Gasteiger partial charge < -0.3 is 4.98 Å². The van der Waals surface area contributed by atoms with E-state index in [2.05, 4.69) is 9.71 Å². The van der Waals surface area contributed by atoms with Crippen molar-refractivity contribution in [1.82, 2.24) is 4.98 Å². The molecule has 0 atom stereocenters. The molecule has 0 unspecified atom stereocenters. The molecule has 0 radical (unpaired) electrons. The number of aromatic nitrogens is 1. The molecule has 0 bridgehead atoms. The summed E-state index contributed by atoms with van der Waals surface area (Å²) in [6.07, 6.45) is 0. The van der Waals surface area contributed by atoms with Crippen molar-refractivity contribution in [3.8, 4) is 0 Å². The fourth-order valence-electron chi connectivity index (χ4n) is 1.81. The third-order valence-electron chi connectivity index (χ3n) is 2.83. The first-order valence-electron chi connectivity index (χ1n) is 6.12. The van der Waals surface area contributed by atoms with E-state index in [1.807, 2.05) is 19.9 Å². The maximum absolute atomic E-state index is 12.3. The summed E-state index contributed by atoms with van der Waals surface area (Å²) < 4.78 is 27.0. The van der Waals surface area contributed by atoms with E-state index in [9.17, 15) is 13.2 Å². The number of hydrogen-bond acceptors (Lipinski definition) is 4. The first-order chi connectivity index (χ1) is 9.29. The van der Waals surface area contributed by atoms with Crippen LogP contribution in [0, 0.1) is 6.92 Å². The molecule has 0 fully saturated rings. The number of H-pyrrole nitrogens is 1. The van der Waals surface area contributed by atoms with Gasteiger partial charge in [0.2, 0.25) is 0 Å². The second kappa shape index (κ2) is 5.41. The Bertz CT molecular complexity index is 773. The predicted octanol–water partition coefficient (Wildman–Crippen LogP) is 2.67. The number of thiazole rings is 1. The van der Waals surface area contributed by atoms with Crippen LogP contribution in [-0.2, 0) is 10.0 Å². The van der Waals surface area contributed by atoms with Crippen molar-refractivity contribution in [1.29, 1.82) is 0 Å². The lowest BCUT2D eigenvalue weighted by Gasteiger charge is -2.10. The van der Waals surface area contributed by atoms with Gasteiger partial charge in [0.05, 0.1) is 0 Å². The Morgan fingerprint density at radius 3 is 2.55 bits per heavy atom. The molecule has 2 aromatic rings. The summed E-state index contributed by atoms with van der Waals surface area (Å²) in [5.74, 6) is 0.310. The minimum absolute atomic E-state index is 0.0254. The normalized spacial score (nSPS) is 11.8. The molecule has 1 aromatic heterocycles. The van der Waals surface area contributed by atoms with Crippen molar-refractivity contribution < 1.29 is 8.42 Å². The molecule has 5 nitrogen and oxygen atoms in total. The Kier molecular flexibility index (Phi) is 4.01. The average molecular weight is 312 g/mol. The standard InChI is InChI=1S/C13H16N2O3S2/c1-8(2)10-5-4-6-11(7-10)15-20(17,18)12-9(3)14-13(16)19-12/h4-8,15H,1-3H3,(H,14,16). The molecular formula is C13H16N2O3S2. The zero-order chi connectivity index (χ0) is 14.9. The Labute approximate surface area is 121 Å². The van der Waals surface area contributed by atoms with Gasteiger partial charge in [0.1, 0.15) is 0 Å². The summed E-state index contributed by atoms with van der Waals surface area (Å²) in [5.41, 5.74) is 1.90. The van der Waals surface area contributed by atoms with Crippen LogP contribution < -0.4 is 9.60 Å². The summed E-state index contributed by atoms with van der Waals surface area (Å²) in [7, 11) is -3.73. The van der Waals surface area contributed by atoms with Gasteiger partial charge in [-0.25, -0.2) is 8.42 Å². The van der Waals surface area contributed by atoms with E-state index in [1.165, 1.54) is 0 Å². The van der Waals surface area contributed by atoms with Crippen LogP contribution >= 0.6 is 11.3 Å². The Morgan fingerprint density at radius 2 is 2.00 bits per heavy atom. The van der Waals surface area contributed by atoms with Gasteiger partial charge in [-0.3, -0.25) is 9.52 Å². The second-order valence-electron chi connectivity index (χ2n) is 4.81. The zero-order valence-electron chi connectivity index (χ0n) is 11.4. The summed E-state index contributed by atoms with van der Waals surface area (Å²) in [6.45, 7) is 5.64. The SMILES string of the molecule is Cc1[nH]c(=O)sc1S(=O)(=O)Nc1cccc(C(C)C)c1. The lowest BCUT2D eigenvalue weighted by molar-refractivity contribution is 0.602. The largest absolute Gasteiger partial charge is 0.315 e. The van der Waals surface area contributed by atoms with Gasteiger partial charge >= 0.3 is 4.87 Å². The Balaban J connectivity index is 2.36. The van der Waals surface area contributed by atoms with Gasteiger partial charge in [-0.1, -0.05) is 37.3 Å². The van der Waals surface area contributed by atoms with Crippen molar-refractivity contribution in [2.24, 2.45) is 0 Å². The quantitative estimate of drug-likeness (QED) is 0.911. The van der Waals surface area contributed by atoms with Crippen molar-refractivity contribution in [2.75, 3.05) is 4.72 Å². The molecule has 108 valence electrons. The number of nitrogens with one attached hydrogen (secondary N) is 2. The second-order valence-corrected chi connectivity index (χ2v) is 7.67. The van der Waals surface area contributed by atoms with Crippen LogP contribution in [0.3, 0.4) is 0 Å². The zero-order valence-corrected chi connectivity index (χ0v) is 13.1. The molecule has 7 heteroatoms. The van der Waals surface area contributed by atoms with E-state index in [-0.39, 0.29) is 9.08 Å². The summed E-state index contributed by atoms with van der Waals surface area (Å²) in [4.78, 5) is 13.3. The lowest BCUT2D eigenvalue weighted by Crippen LogP contribution is -2.12. The molecule has 0 saturated carbocycles. The van der Waals surface area contributed by atoms with E-state index in [0.717, 1.165) is 5.56 Å². The van der Waals surface area contributed by atoms with Crippen LogP contribution in [0.25, 0.3) is 0 Å². The highest BCUT2D eigenvalue weighted by Crippen LogP contribution is 2.23. The van der Waals surface area contributed by atoms with Crippen LogP contribution in [-0.4, -0.2) is 13.4 Å². The minimum Gasteiger partial charge on any atom is -0.315 e. The molecular weight excluding hydrogens is 296 g/mol. The molecule has 2 rings (SSSR count). The van der Waals surface area contributed by atoms with Gasteiger partial charge in [-0.05, 0) is 30.5 Å². The van der Waals surface area contributed by atoms with E-state index < -0.39 is 10.0 Å². The van der Waals surface area contributed by atoms with Crippen molar-refractivity contribution in [3.63, 3.8) is 0 Å².